The van der Waals surface area contributed by atoms with Gasteiger partial charge in [-0.3, -0.25) is 24.8 Å². The number of carbonyl (C=O) groups is 1. The van der Waals surface area contributed by atoms with Crippen LogP contribution in [0.2, 0.25) is 19.1 Å². The summed E-state index contributed by atoms with van der Waals surface area (Å²) in [4.78, 5) is 84.6. The molecule has 16 heteroatoms. The Bertz CT molecular complexity index is 3390. The van der Waals surface area contributed by atoms with E-state index in [1.54, 1.807) is 129 Å². The van der Waals surface area contributed by atoms with E-state index in [0.717, 1.165) is 51.8 Å². The van der Waals surface area contributed by atoms with Crippen molar-refractivity contribution in [1.29, 1.82) is 0 Å². The third-order valence-electron chi connectivity index (χ3n) is 11.4. The molecule has 0 aliphatic heterocycles. The van der Waals surface area contributed by atoms with Crippen LogP contribution in [0.25, 0.3) is 11.1 Å². The lowest BCUT2D eigenvalue weighted by molar-refractivity contribution is 0.103. The Morgan fingerprint density at radius 2 is 0.772 bits per heavy atom. The second-order valence-corrected chi connectivity index (χ2v) is 21.8. The van der Waals surface area contributed by atoms with E-state index in [1.165, 1.54) is 24.3 Å². The zero-order valence-electron chi connectivity index (χ0n) is 43.4. The van der Waals surface area contributed by atoms with Gasteiger partial charge in [0.1, 0.15) is 5.75 Å². The third kappa shape index (κ3) is 20.3. The molecule has 8 aromatic carbocycles. The maximum Gasteiger partial charge on any atom is 0.240 e. The molecular formula is C63H52N8O7Si. The molecule has 0 radical (unpaired) electrons. The molecule has 390 valence electrons. The molecule has 0 N–H and O–H groups in total. The van der Waals surface area contributed by atoms with E-state index in [4.69, 9.17) is 9.16 Å². The van der Waals surface area contributed by atoms with E-state index in [2.05, 4.69) is 65.2 Å². The highest BCUT2D eigenvalue weighted by Gasteiger charge is 2.19. The first kappa shape index (κ1) is 57.9. The highest BCUT2D eigenvalue weighted by Crippen LogP contribution is 2.24. The molecule has 15 nitrogen and oxygen atoms in total. The normalized spacial score (nSPS) is 10.8. The van der Waals surface area contributed by atoms with Gasteiger partial charge in [-0.1, -0.05) is 78.9 Å². The molecule has 0 saturated heterocycles. The number of ether oxygens (including phenoxy) is 1. The van der Waals surface area contributed by atoms with Gasteiger partial charge in [0, 0.05) is 43.1 Å². The molecule has 0 saturated carbocycles. The van der Waals surface area contributed by atoms with Gasteiger partial charge in [-0.15, -0.1) is 0 Å². The zero-order valence-corrected chi connectivity index (χ0v) is 44.4. The number of rotatable bonds is 20. The first-order valence-corrected chi connectivity index (χ1v) is 27.6. The largest absolute Gasteiger partial charge is 0.494 e. The van der Waals surface area contributed by atoms with Crippen LogP contribution in [0, 0.1) is 0 Å². The summed E-state index contributed by atoms with van der Waals surface area (Å²) in [6.45, 7) is 5.08. The fourth-order valence-electron chi connectivity index (χ4n) is 6.97. The van der Waals surface area contributed by atoms with Gasteiger partial charge >= 0.3 is 0 Å². The second-order valence-electron chi connectivity index (χ2n) is 17.3. The summed E-state index contributed by atoms with van der Waals surface area (Å²) in [5.41, 5.74) is 10.6. The fraction of sp³-hybridized carbons (Fsp3) is 0.0952. The lowest BCUT2D eigenvalue weighted by Crippen LogP contribution is -2.28. The van der Waals surface area contributed by atoms with E-state index in [0.29, 0.717) is 51.9 Å². The van der Waals surface area contributed by atoms with Crippen LogP contribution in [-0.4, -0.2) is 77.0 Å². The molecule has 0 aliphatic rings. The van der Waals surface area contributed by atoms with Crippen molar-refractivity contribution in [3.8, 4) is 16.9 Å². The van der Waals surface area contributed by atoms with E-state index in [1.807, 2.05) is 91.0 Å². The smallest absolute Gasteiger partial charge is 0.240 e. The maximum absolute atomic E-state index is 12.8. The number of benzene rings is 8. The van der Waals surface area contributed by atoms with Crippen molar-refractivity contribution in [2.24, 2.45) is 39.9 Å². The van der Waals surface area contributed by atoms with Gasteiger partial charge in [0.25, 0.3) is 0 Å². The number of ketones is 1. The molecule has 0 aromatic heterocycles. The molecule has 0 unspecified atom stereocenters. The molecule has 79 heavy (non-hydrogen) atoms. The first-order chi connectivity index (χ1) is 38.6. The van der Waals surface area contributed by atoms with Crippen LogP contribution in [0.15, 0.2) is 240 Å². The summed E-state index contributed by atoms with van der Waals surface area (Å²) in [5.74, 6) is 0.807. The summed E-state index contributed by atoms with van der Waals surface area (Å²) in [7, 11) is 0.262. The molecule has 0 fully saturated rings. The highest BCUT2D eigenvalue weighted by atomic mass is 28.4. The van der Waals surface area contributed by atoms with Crippen molar-refractivity contribution in [1.82, 2.24) is 0 Å². The minimum Gasteiger partial charge on any atom is -0.494 e. The Labute approximate surface area is 458 Å². The fourth-order valence-corrected chi connectivity index (χ4v) is 8.17. The molecule has 0 bridgehead atoms. The van der Waals surface area contributed by atoms with Crippen LogP contribution in [0.3, 0.4) is 0 Å². The van der Waals surface area contributed by atoms with E-state index in [-0.39, 0.29) is 5.78 Å². The molecule has 0 atom stereocenters. The van der Waals surface area contributed by atoms with Crippen LogP contribution in [0.5, 0.6) is 5.75 Å². The van der Waals surface area contributed by atoms with Crippen LogP contribution < -0.4 is 4.74 Å². The van der Waals surface area contributed by atoms with Crippen LogP contribution >= 0.6 is 0 Å². The van der Waals surface area contributed by atoms with Gasteiger partial charge in [-0.05, 0) is 169 Å². The van der Waals surface area contributed by atoms with Crippen LogP contribution in [0.4, 0.5) is 45.5 Å². The lowest BCUT2D eigenvalue weighted by Gasteiger charge is -2.19. The number of hydrogen-bond acceptors (Lipinski definition) is 15. The summed E-state index contributed by atoms with van der Waals surface area (Å²) >= 11 is 0. The second kappa shape index (κ2) is 31.5. The molecular weight excluding hydrogens is 1010 g/mol. The lowest BCUT2D eigenvalue weighted by atomic mass is 9.99. The van der Waals surface area contributed by atoms with Gasteiger partial charge in [0.05, 0.1) is 52.1 Å². The number of nitrogens with zero attached hydrogens (tertiary/aromatic N) is 8. The van der Waals surface area contributed by atoms with Gasteiger partial charge in [0.15, 0.2) is 14.1 Å². The third-order valence-corrected chi connectivity index (χ3v) is 14.1. The zero-order chi connectivity index (χ0) is 55.9. The number of carbonyl (C=O) groups excluding carboxylic acids is 5. The number of isocyanates is 4. The minimum atomic E-state index is -1.53. The summed E-state index contributed by atoms with van der Waals surface area (Å²) in [6.07, 6.45) is 13.5. The Morgan fingerprint density at radius 3 is 1.14 bits per heavy atom. The standard InChI is InChI=1S/C25H28O3Si.C22H14N4O2.C16H10N4O2/c1-27-29(2,3)19-7-18-28-24-16-14-23(15-17-24)25(26)22-12-10-21(11-13-22)20-8-5-4-6-9-20;27-15-25-21-9-5-19(6-10-21)23-13-17-1-2-18(4-3-17)14-24-20-7-11-22(12-8-20)26-16-28;21-11-19-15-5-1-13(2-6-15)17-9-10-18-14-3-7-16(8-4-14)20-12-22/h4-6,8-17H,7,18-19H2,1-3H3;1-14H;1-10H. The van der Waals surface area contributed by atoms with Crippen molar-refractivity contribution in [2.45, 2.75) is 25.6 Å². The summed E-state index contributed by atoms with van der Waals surface area (Å²) in [6, 6.07) is 61.6. The Morgan fingerprint density at radius 1 is 0.430 bits per heavy atom. The SMILES string of the molecule is CO[Si](C)(C)CCCOc1ccc(C(=O)c2ccc(-c3ccccc3)cc2)cc1.O=C=Nc1ccc(N=CC=Nc2ccc(N=C=O)cc2)cc1.O=C=Nc1ccc(N=Cc2ccc(C=Nc3ccc(N=C=O)cc3)cc2)cc1. The van der Waals surface area contributed by atoms with Gasteiger partial charge < -0.3 is 9.16 Å². The Kier molecular flexibility index (Phi) is 23.1. The predicted molar refractivity (Wildman–Crippen MR) is 315 cm³/mol. The van der Waals surface area contributed by atoms with Gasteiger partial charge in [-0.25, -0.2) is 19.2 Å². The van der Waals surface area contributed by atoms with E-state index in [9.17, 15) is 24.0 Å². The minimum absolute atomic E-state index is 0.0176. The topological polar surface area (TPSA) is 203 Å². The molecule has 8 aromatic rings. The van der Waals surface area contributed by atoms with Crippen molar-refractivity contribution in [3.05, 3.63) is 222 Å². The highest BCUT2D eigenvalue weighted by molar-refractivity contribution is 6.71. The molecule has 0 aliphatic carbocycles. The number of aliphatic imine (C=N–C) groups is 8. The average molecular weight is 1060 g/mol. The monoisotopic (exact) mass is 1060 g/mol. The molecule has 0 spiro atoms. The first-order valence-electron chi connectivity index (χ1n) is 24.5. The van der Waals surface area contributed by atoms with E-state index >= 15 is 0 Å². The quantitative estimate of drug-likeness (QED) is 0.0237. The van der Waals surface area contributed by atoms with E-state index < -0.39 is 8.32 Å². The average Bonchev–Trinajstić information content (AvgIpc) is 3.50. The Balaban J connectivity index is 0.000000193. The molecule has 0 heterocycles. The summed E-state index contributed by atoms with van der Waals surface area (Å²) in [5, 5.41) is 0. The van der Waals surface area contributed by atoms with Gasteiger partial charge in [0.2, 0.25) is 24.3 Å². The molecule has 8 rings (SSSR count). The van der Waals surface area contributed by atoms with Crippen LogP contribution in [0.1, 0.15) is 33.5 Å². The van der Waals surface area contributed by atoms with Crippen LogP contribution in [-0.2, 0) is 23.6 Å². The maximum atomic E-state index is 12.8. The number of hydrogen-bond donors (Lipinski definition) is 0. The van der Waals surface area contributed by atoms with Crippen molar-refractivity contribution in [3.63, 3.8) is 0 Å². The summed E-state index contributed by atoms with van der Waals surface area (Å²) < 4.78 is 11.4. The van der Waals surface area contributed by atoms with Gasteiger partial charge in [-0.2, -0.15) is 20.0 Å². The molecule has 0 amide bonds. The predicted octanol–water partition coefficient (Wildman–Crippen LogP) is 15.1. The van der Waals surface area contributed by atoms with Crippen molar-refractivity contribution in [2.75, 3.05) is 13.7 Å². The van der Waals surface area contributed by atoms with Crippen molar-refractivity contribution < 1.29 is 33.1 Å². The Hall–Kier alpha value is -10.4. The van der Waals surface area contributed by atoms with Crippen molar-refractivity contribution >= 4 is 109 Å².